The van der Waals surface area contributed by atoms with Crippen LogP contribution in [0.2, 0.25) is 5.02 Å². The molecule has 1 aliphatic rings. The summed E-state index contributed by atoms with van der Waals surface area (Å²) in [6.07, 6.45) is 2.32. The molecule has 7 heteroatoms. The number of aliphatic hydroxyl groups excluding tert-OH is 1. The molecule has 1 amide bonds. The molecule has 1 unspecified atom stereocenters. The van der Waals surface area contributed by atoms with Gasteiger partial charge < -0.3 is 15.0 Å². The van der Waals surface area contributed by atoms with E-state index in [0.29, 0.717) is 10.6 Å². The predicted octanol–water partition coefficient (Wildman–Crippen LogP) is 1.65. The Labute approximate surface area is 150 Å². The molecule has 1 aromatic carbocycles. The van der Waals surface area contributed by atoms with Gasteiger partial charge in [0.05, 0.1) is 17.7 Å². The second-order valence-corrected chi connectivity index (χ2v) is 6.62. The van der Waals surface area contributed by atoms with Crippen molar-refractivity contribution in [2.45, 2.75) is 31.7 Å². The fraction of sp³-hybridized carbons (Fsp3) is 0.333. The molecule has 1 aliphatic carbocycles. The van der Waals surface area contributed by atoms with Crippen LogP contribution in [0.4, 0.5) is 0 Å². The van der Waals surface area contributed by atoms with E-state index in [1.807, 2.05) is 6.07 Å². The Bertz CT molecular complexity index is 846. The molecule has 0 aliphatic heterocycles. The van der Waals surface area contributed by atoms with Crippen molar-refractivity contribution < 1.29 is 9.90 Å². The summed E-state index contributed by atoms with van der Waals surface area (Å²) in [6, 6.07) is 8.82. The van der Waals surface area contributed by atoms with Crippen LogP contribution in [-0.2, 0) is 6.54 Å². The number of nitrogens with zero attached hydrogens (tertiary/aromatic N) is 1. The van der Waals surface area contributed by atoms with Gasteiger partial charge in [-0.05, 0) is 43.7 Å². The second-order valence-electron chi connectivity index (χ2n) is 6.19. The molecule has 25 heavy (non-hydrogen) atoms. The molecule has 1 aromatic heterocycles. The molecule has 1 saturated carbocycles. The zero-order chi connectivity index (χ0) is 18.0. The minimum atomic E-state index is -1.15. The van der Waals surface area contributed by atoms with E-state index in [2.05, 4.69) is 10.6 Å². The molecule has 0 bridgehead atoms. The van der Waals surface area contributed by atoms with Crippen LogP contribution in [0.15, 0.2) is 41.3 Å². The summed E-state index contributed by atoms with van der Waals surface area (Å²) in [5.41, 5.74) is 0.954. The highest BCUT2D eigenvalue weighted by molar-refractivity contribution is 6.30. The SMILES string of the molecule is CNC(O)c1cc(C(=O)NC2CC2)cn(Cc2cccc(Cl)c2)c1=O. The standard InChI is InChI=1S/C18H20ClN3O3/c1-20-17(24)15-8-12(16(23)21-14-5-6-14)10-22(18(15)25)9-11-3-2-4-13(19)7-11/h2-4,7-8,10,14,17,20,24H,5-6,9H2,1H3,(H,21,23). The average molecular weight is 362 g/mol. The van der Waals surface area contributed by atoms with E-state index in [1.54, 1.807) is 25.2 Å². The summed E-state index contributed by atoms with van der Waals surface area (Å²) in [7, 11) is 1.54. The molecule has 2 aromatic rings. The van der Waals surface area contributed by atoms with Crippen molar-refractivity contribution in [3.05, 3.63) is 68.6 Å². The number of carbonyl (C=O) groups is 1. The Kier molecular flexibility index (Phi) is 5.22. The van der Waals surface area contributed by atoms with Crippen LogP contribution >= 0.6 is 11.6 Å². The summed E-state index contributed by atoms with van der Waals surface area (Å²) >= 11 is 6.00. The lowest BCUT2D eigenvalue weighted by molar-refractivity contribution is 0.0949. The Balaban J connectivity index is 1.99. The van der Waals surface area contributed by atoms with Gasteiger partial charge in [0.2, 0.25) is 0 Å². The van der Waals surface area contributed by atoms with E-state index in [0.717, 1.165) is 18.4 Å². The summed E-state index contributed by atoms with van der Waals surface area (Å²) in [5, 5.41) is 16.2. The number of hydrogen-bond acceptors (Lipinski definition) is 4. The normalized spacial score (nSPS) is 15.0. The lowest BCUT2D eigenvalue weighted by Crippen LogP contribution is -2.33. The highest BCUT2D eigenvalue weighted by atomic mass is 35.5. The Morgan fingerprint density at radius 3 is 2.80 bits per heavy atom. The fourth-order valence-electron chi connectivity index (χ4n) is 2.58. The van der Waals surface area contributed by atoms with Crippen LogP contribution in [0.5, 0.6) is 0 Å². The van der Waals surface area contributed by atoms with Crippen LogP contribution in [0.1, 0.15) is 40.6 Å². The number of aromatic nitrogens is 1. The van der Waals surface area contributed by atoms with Crippen molar-refractivity contribution in [1.29, 1.82) is 0 Å². The second kappa shape index (κ2) is 7.39. The highest BCUT2D eigenvalue weighted by Crippen LogP contribution is 2.20. The number of aliphatic hydroxyl groups is 1. The number of nitrogens with one attached hydrogen (secondary N) is 2. The summed E-state index contributed by atoms with van der Waals surface area (Å²) in [6.45, 7) is 0.257. The maximum absolute atomic E-state index is 12.7. The Hall–Kier alpha value is -2.15. The first-order valence-corrected chi connectivity index (χ1v) is 8.50. The minimum Gasteiger partial charge on any atom is -0.374 e. The largest absolute Gasteiger partial charge is 0.374 e. The molecule has 0 saturated heterocycles. The van der Waals surface area contributed by atoms with Gasteiger partial charge in [0, 0.05) is 17.3 Å². The molecule has 3 N–H and O–H groups in total. The predicted molar refractivity (Wildman–Crippen MR) is 95.8 cm³/mol. The van der Waals surface area contributed by atoms with E-state index in [9.17, 15) is 14.7 Å². The van der Waals surface area contributed by atoms with Gasteiger partial charge in [-0.3, -0.25) is 14.9 Å². The first kappa shape index (κ1) is 17.7. The van der Waals surface area contributed by atoms with E-state index in [-0.39, 0.29) is 29.6 Å². The van der Waals surface area contributed by atoms with Crippen LogP contribution in [0.3, 0.4) is 0 Å². The minimum absolute atomic E-state index is 0.132. The molecule has 0 radical (unpaired) electrons. The lowest BCUT2D eigenvalue weighted by atomic mass is 10.1. The van der Waals surface area contributed by atoms with Crippen molar-refractivity contribution >= 4 is 17.5 Å². The van der Waals surface area contributed by atoms with Crippen LogP contribution in [0, 0.1) is 0 Å². The maximum atomic E-state index is 12.7. The highest BCUT2D eigenvalue weighted by Gasteiger charge is 2.25. The molecule has 1 heterocycles. The molecule has 3 rings (SSSR count). The van der Waals surface area contributed by atoms with Crippen LogP contribution < -0.4 is 16.2 Å². The number of hydrogen-bond donors (Lipinski definition) is 3. The average Bonchev–Trinajstić information content (AvgIpc) is 3.40. The zero-order valence-electron chi connectivity index (χ0n) is 13.8. The van der Waals surface area contributed by atoms with Crippen molar-refractivity contribution in [2.75, 3.05) is 7.05 Å². The molecular formula is C18H20ClN3O3. The molecule has 6 nitrogen and oxygen atoms in total. The van der Waals surface area contributed by atoms with Crippen molar-refractivity contribution in [3.63, 3.8) is 0 Å². The van der Waals surface area contributed by atoms with E-state index < -0.39 is 6.23 Å². The number of pyridine rings is 1. The monoisotopic (exact) mass is 361 g/mol. The number of amides is 1. The molecular weight excluding hydrogens is 342 g/mol. The van der Waals surface area contributed by atoms with E-state index in [4.69, 9.17) is 11.6 Å². The van der Waals surface area contributed by atoms with E-state index in [1.165, 1.54) is 16.8 Å². The van der Waals surface area contributed by atoms with Gasteiger partial charge in [0.1, 0.15) is 6.23 Å². The zero-order valence-corrected chi connectivity index (χ0v) is 14.6. The molecule has 132 valence electrons. The summed E-state index contributed by atoms with van der Waals surface area (Å²) in [5.74, 6) is -0.244. The topological polar surface area (TPSA) is 83.4 Å². The first-order chi connectivity index (χ1) is 12.0. The smallest absolute Gasteiger partial charge is 0.258 e. The summed E-state index contributed by atoms with van der Waals surface area (Å²) < 4.78 is 1.42. The molecule has 0 spiro atoms. The maximum Gasteiger partial charge on any atom is 0.258 e. The summed E-state index contributed by atoms with van der Waals surface area (Å²) in [4.78, 5) is 25.0. The van der Waals surface area contributed by atoms with Crippen LogP contribution in [0.25, 0.3) is 0 Å². The van der Waals surface area contributed by atoms with Gasteiger partial charge in [-0.25, -0.2) is 0 Å². The number of benzene rings is 1. The third-order valence-electron chi connectivity index (χ3n) is 4.10. The van der Waals surface area contributed by atoms with Crippen LogP contribution in [-0.4, -0.2) is 28.7 Å². The first-order valence-electron chi connectivity index (χ1n) is 8.13. The van der Waals surface area contributed by atoms with Gasteiger partial charge in [-0.1, -0.05) is 23.7 Å². The Morgan fingerprint density at radius 2 is 2.16 bits per heavy atom. The van der Waals surface area contributed by atoms with Gasteiger partial charge >= 0.3 is 0 Å². The fourth-order valence-corrected chi connectivity index (χ4v) is 2.79. The van der Waals surface area contributed by atoms with Gasteiger partial charge in [0.15, 0.2) is 0 Å². The third-order valence-corrected chi connectivity index (χ3v) is 4.33. The van der Waals surface area contributed by atoms with Gasteiger partial charge in [0.25, 0.3) is 11.5 Å². The van der Waals surface area contributed by atoms with Crippen molar-refractivity contribution in [3.8, 4) is 0 Å². The quantitative estimate of drug-likeness (QED) is 0.683. The molecule has 1 fully saturated rings. The molecule has 1 atom stereocenters. The number of halogens is 1. The van der Waals surface area contributed by atoms with Gasteiger partial charge in [-0.2, -0.15) is 0 Å². The number of rotatable bonds is 6. The lowest BCUT2D eigenvalue weighted by Gasteiger charge is -2.15. The van der Waals surface area contributed by atoms with Crippen molar-refractivity contribution in [2.24, 2.45) is 0 Å². The number of carbonyl (C=O) groups excluding carboxylic acids is 1. The third kappa shape index (κ3) is 4.28. The van der Waals surface area contributed by atoms with Gasteiger partial charge in [-0.15, -0.1) is 0 Å². The van der Waals surface area contributed by atoms with E-state index >= 15 is 0 Å². The Morgan fingerprint density at radius 1 is 1.40 bits per heavy atom. The van der Waals surface area contributed by atoms with Crippen molar-refractivity contribution in [1.82, 2.24) is 15.2 Å².